The molecule has 1 heterocycles. The summed E-state index contributed by atoms with van der Waals surface area (Å²) in [5, 5.41) is 3.96. The summed E-state index contributed by atoms with van der Waals surface area (Å²) in [4.78, 5) is 12.7. The van der Waals surface area contributed by atoms with Crippen molar-refractivity contribution in [3.05, 3.63) is 88.5 Å². The summed E-state index contributed by atoms with van der Waals surface area (Å²) in [5.41, 5.74) is 1.51. The fraction of sp³-hybridized carbons (Fsp3) is 0.130. The number of hydrogen-bond acceptors (Lipinski definition) is 5. The average Bonchev–Trinajstić information content (AvgIpc) is 3.26. The van der Waals surface area contributed by atoms with Crippen molar-refractivity contribution in [3.63, 3.8) is 0 Å². The quantitative estimate of drug-likeness (QED) is 0.334. The number of amides is 1. The Morgan fingerprint density at radius 2 is 1.82 bits per heavy atom. The number of carbonyl (C=O) groups excluding carboxylic acids is 1. The Morgan fingerprint density at radius 3 is 2.61 bits per heavy atom. The normalized spacial score (nSPS) is 11.7. The first-order valence-electron chi connectivity index (χ1n) is 9.96. The van der Waals surface area contributed by atoms with Crippen LogP contribution in [0.3, 0.4) is 0 Å². The molecule has 33 heavy (non-hydrogen) atoms. The van der Waals surface area contributed by atoms with Crippen LogP contribution in [0.5, 0.6) is 0 Å². The van der Waals surface area contributed by atoms with Gasteiger partial charge in [0, 0.05) is 28.8 Å². The number of benzene rings is 3. The van der Waals surface area contributed by atoms with Gasteiger partial charge in [-0.25, -0.2) is 8.42 Å². The zero-order valence-electron chi connectivity index (χ0n) is 17.2. The van der Waals surface area contributed by atoms with E-state index in [9.17, 15) is 13.2 Å². The van der Waals surface area contributed by atoms with E-state index in [0.717, 1.165) is 20.0 Å². The van der Waals surface area contributed by atoms with Crippen molar-refractivity contribution < 1.29 is 13.2 Å². The number of nitrogens with one attached hydrogen (secondary N) is 1. The van der Waals surface area contributed by atoms with Crippen molar-refractivity contribution in [2.24, 2.45) is 0 Å². The van der Waals surface area contributed by atoms with Gasteiger partial charge >= 0.3 is 0 Å². The first-order valence-corrected chi connectivity index (χ1v) is 12.9. The molecular weight excluding hydrogens is 501 g/mol. The van der Waals surface area contributed by atoms with E-state index in [4.69, 9.17) is 23.2 Å². The van der Waals surface area contributed by atoms with Crippen LogP contribution in [-0.4, -0.2) is 36.1 Å². The summed E-state index contributed by atoms with van der Waals surface area (Å²) < 4.78 is 33.1. The minimum absolute atomic E-state index is 0.0416. The summed E-state index contributed by atoms with van der Waals surface area (Å²) in [6, 6.07) is 19.1. The minimum Gasteiger partial charge on any atom is -0.325 e. The molecular formula is C23H19Cl2N3O3S2. The van der Waals surface area contributed by atoms with Gasteiger partial charge in [-0.1, -0.05) is 53.5 Å². The number of fused-ring (bicyclic) bond motifs is 1. The van der Waals surface area contributed by atoms with Crippen LogP contribution in [-0.2, 0) is 21.2 Å². The van der Waals surface area contributed by atoms with E-state index in [1.807, 2.05) is 36.4 Å². The number of rotatable bonds is 8. The third kappa shape index (κ3) is 5.72. The Hall–Kier alpha value is -2.49. The van der Waals surface area contributed by atoms with Gasteiger partial charge < -0.3 is 5.32 Å². The van der Waals surface area contributed by atoms with Gasteiger partial charge in [0.1, 0.15) is 4.90 Å². The van der Waals surface area contributed by atoms with Gasteiger partial charge in [-0.3, -0.25) is 4.79 Å². The summed E-state index contributed by atoms with van der Waals surface area (Å²) in [6.45, 7) is -0.284. The number of nitrogens with zero attached hydrogens (tertiary/aromatic N) is 2. The van der Waals surface area contributed by atoms with Gasteiger partial charge in [-0.15, -0.1) is 0 Å². The molecule has 0 aliphatic rings. The monoisotopic (exact) mass is 519 g/mol. The van der Waals surface area contributed by atoms with E-state index >= 15 is 0 Å². The zero-order valence-corrected chi connectivity index (χ0v) is 20.4. The van der Waals surface area contributed by atoms with Gasteiger partial charge in [0.25, 0.3) is 0 Å². The molecule has 6 nitrogen and oxygen atoms in total. The Kier molecular flexibility index (Phi) is 7.31. The van der Waals surface area contributed by atoms with E-state index in [2.05, 4.69) is 9.69 Å². The van der Waals surface area contributed by atoms with Crippen molar-refractivity contribution in [1.29, 1.82) is 0 Å². The second-order valence-corrected chi connectivity index (χ2v) is 10.9. The zero-order chi connectivity index (χ0) is 23.4. The van der Waals surface area contributed by atoms with Gasteiger partial charge in [-0.2, -0.15) is 8.68 Å². The van der Waals surface area contributed by atoms with E-state index < -0.39 is 15.9 Å². The van der Waals surface area contributed by atoms with Crippen LogP contribution in [0.25, 0.3) is 10.1 Å². The molecule has 1 amide bonds. The van der Waals surface area contributed by atoms with Gasteiger partial charge in [0.15, 0.2) is 0 Å². The fourth-order valence-corrected chi connectivity index (χ4v) is 6.07. The lowest BCUT2D eigenvalue weighted by Gasteiger charge is -2.22. The van der Waals surface area contributed by atoms with Crippen LogP contribution in [0.4, 0.5) is 5.69 Å². The van der Waals surface area contributed by atoms with Crippen LogP contribution in [0.1, 0.15) is 5.56 Å². The van der Waals surface area contributed by atoms with Gasteiger partial charge in [0.2, 0.25) is 15.9 Å². The summed E-state index contributed by atoms with van der Waals surface area (Å²) >= 11 is 13.6. The SMILES string of the molecule is O=C(CN(CCc1ccccc1)S(=O)(=O)c1cc(Cl)ccc1Cl)Nc1ccc2sncc2c1. The predicted molar refractivity (Wildman–Crippen MR) is 134 cm³/mol. The second-order valence-electron chi connectivity index (χ2n) is 7.28. The molecule has 0 spiro atoms. The van der Waals surface area contributed by atoms with Gasteiger partial charge in [0.05, 0.1) is 16.3 Å². The lowest BCUT2D eigenvalue weighted by molar-refractivity contribution is -0.116. The maximum Gasteiger partial charge on any atom is 0.245 e. The smallest absolute Gasteiger partial charge is 0.245 e. The minimum atomic E-state index is -4.09. The Balaban J connectivity index is 1.58. The molecule has 170 valence electrons. The molecule has 0 radical (unpaired) electrons. The van der Waals surface area contributed by atoms with Crippen LogP contribution < -0.4 is 5.32 Å². The second kappa shape index (κ2) is 10.2. The molecule has 0 saturated heterocycles. The molecule has 3 aromatic carbocycles. The number of halogens is 2. The summed E-state index contributed by atoms with van der Waals surface area (Å²) in [6.07, 6.45) is 2.14. The van der Waals surface area contributed by atoms with Crippen molar-refractivity contribution in [2.45, 2.75) is 11.3 Å². The van der Waals surface area contributed by atoms with E-state index in [0.29, 0.717) is 12.1 Å². The molecule has 0 aliphatic heterocycles. The van der Waals surface area contributed by atoms with Crippen LogP contribution >= 0.6 is 34.7 Å². The highest BCUT2D eigenvalue weighted by Crippen LogP contribution is 2.28. The van der Waals surface area contributed by atoms with Crippen molar-refractivity contribution in [1.82, 2.24) is 8.68 Å². The topological polar surface area (TPSA) is 79.4 Å². The molecule has 1 N–H and O–H groups in total. The first kappa shape index (κ1) is 23.7. The third-order valence-electron chi connectivity index (χ3n) is 4.96. The number of anilines is 1. The predicted octanol–water partition coefficient (Wildman–Crippen LogP) is 5.48. The first-order chi connectivity index (χ1) is 15.8. The number of hydrogen-bond donors (Lipinski definition) is 1. The molecule has 0 unspecified atom stereocenters. The molecule has 0 saturated carbocycles. The lowest BCUT2D eigenvalue weighted by Crippen LogP contribution is -2.39. The third-order valence-corrected chi connectivity index (χ3v) is 8.30. The summed E-state index contributed by atoms with van der Waals surface area (Å²) in [7, 11) is -4.09. The molecule has 0 aliphatic carbocycles. The number of sulfonamides is 1. The maximum atomic E-state index is 13.5. The van der Waals surface area contributed by atoms with E-state index in [1.165, 1.54) is 29.7 Å². The Bertz CT molecular complexity index is 1390. The maximum absolute atomic E-state index is 13.5. The molecule has 4 rings (SSSR count). The Labute approximate surface area is 206 Å². The molecule has 0 fully saturated rings. The van der Waals surface area contributed by atoms with Crippen LogP contribution in [0, 0.1) is 0 Å². The molecule has 1 aromatic heterocycles. The van der Waals surface area contributed by atoms with E-state index in [-0.39, 0.29) is 28.0 Å². The molecule has 4 aromatic rings. The largest absolute Gasteiger partial charge is 0.325 e. The van der Waals surface area contributed by atoms with Gasteiger partial charge in [-0.05, 0) is 59.9 Å². The molecule has 0 atom stereocenters. The average molecular weight is 520 g/mol. The van der Waals surface area contributed by atoms with Crippen molar-refractivity contribution in [3.8, 4) is 0 Å². The highest BCUT2D eigenvalue weighted by Gasteiger charge is 2.29. The van der Waals surface area contributed by atoms with Crippen LogP contribution in [0.15, 0.2) is 77.8 Å². The summed E-state index contributed by atoms with van der Waals surface area (Å²) in [5.74, 6) is -0.465. The highest BCUT2D eigenvalue weighted by molar-refractivity contribution is 7.89. The van der Waals surface area contributed by atoms with Crippen LogP contribution in [0.2, 0.25) is 10.0 Å². The number of aromatic nitrogens is 1. The molecule has 0 bridgehead atoms. The van der Waals surface area contributed by atoms with Crippen molar-refractivity contribution in [2.75, 3.05) is 18.4 Å². The lowest BCUT2D eigenvalue weighted by atomic mass is 10.1. The fourth-order valence-electron chi connectivity index (χ4n) is 3.31. The standard InChI is InChI=1S/C23H19Cl2N3O3S2/c24-18-6-8-20(25)22(13-18)33(30,31)28(11-10-16-4-2-1-3-5-16)15-23(29)27-19-7-9-21-17(12-19)14-26-32-21/h1-9,12-14H,10-11,15H2,(H,27,29). The highest BCUT2D eigenvalue weighted by atomic mass is 35.5. The van der Waals surface area contributed by atoms with E-state index in [1.54, 1.807) is 18.3 Å². The Morgan fingerprint density at radius 1 is 1.03 bits per heavy atom. The number of carbonyl (C=O) groups is 1. The molecule has 10 heteroatoms. The van der Waals surface area contributed by atoms with Crippen molar-refractivity contribution >= 4 is 66.4 Å².